The van der Waals surface area contributed by atoms with Gasteiger partial charge in [-0.3, -0.25) is 0 Å². The van der Waals surface area contributed by atoms with Crippen molar-refractivity contribution in [1.29, 1.82) is 0 Å². The number of aromatic nitrogens is 1. The Balaban J connectivity index is 2.05. The smallest absolute Gasteiger partial charge is 0.284 e. The summed E-state index contributed by atoms with van der Waals surface area (Å²) in [7, 11) is 0. The van der Waals surface area contributed by atoms with Crippen LogP contribution in [0.5, 0.6) is 0 Å². The molecule has 1 fully saturated rings. The van der Waals surface area contributed by atoms with Gasteiger partial charge in [0, 0.05) is 13.1 Å². The summed E-state index contributed by atoms with van der Waals surface area (Å²) in [5.74, 6) is 0. The van der Waals surface area contributed by atoms with Crippen LogP contribution in [0.15, 0.2) is 22.6 Å². The molecule has 0 aliphatic carbocycles. The molecule has 1 aromatic carbocycles. The number of hydrogen-bond acceptors (Lipinski definition) is 4. The normalized spacial score (nSPS) is 17.2. The summed E-state index contributed by atoms with van der Waals surface area (Å²) in [4.78, 5) is 6.39. The average Bonchev–Trinajstić information content (AvgIpc) is 2.78. The minimum absolute atomic E-state index is 0.776. The lowest BCUT2D eigenvalue weighted by Crippen LogP contribution is -2.36. The van der Waals surface area contributed by atoms with E-state index in [1.165, 1.54) is 0 Å². The Morgan fingerprint density at radius 1 is 1.27 bits per heavy atom. The second kappa shape index (κ2) is 3.55. The van der Waals surface area contributed by atoms with Gasteiger partial charge in [0.05, 0.1) is 18.9 Å². The van der Waals surface area contributed by atoms with Crippen LogP contribution in [0.3, 0.4) is 0 Å². The van der Waals surface area contributed by atoms with Crippen molar-refractivity contribution in [2.75, 3.05) is 31.2 Å². The largest absolute Gasteiger partial charge is 0.432 e. The summed E-state index contributed by atoms with van der Waals surface area (Å²) in [5, 5.41) is 0. The Bertz CT molecular complexity index is 460. The van der Waals surface area contributed by atoms with Crippen LogP contribution in [0.25, 0.3) is 11.1 Å². The van der Waals surface area contributed by atoms with Gasteiger partial charge < -0.3 is 14.1 Å². The van der Waals surface area contributed by atoms with Gasteiger partial charge in [-0.25, -0.2) is 4.98 Å². The predicted octanol–water partition coefficient (Wildman–Crippen LogP) is 1.46. The molecular formula is C11H11N2O2. The number of benzene rings is 1. The fourth-order valence-corrected chi connectivity index (χ4v) is 1.88. The lowest BCUT2D eigenvalue weighted by molar-refractivity contribution is 0.123. The number of nitrogens with zero attached hydrogens (tertiary/aromatic N) is 2. The van der Waals surface area contributed by atoms with Crippen molar-refractivity contribution < 1.29 is 9.15 Å². The van der Waals surface area contributed by atoms with Gasteiger partial charge in [-0.1, -0.05) is 6.07 Å². The van der Waals surface area contributed by atoms with E-state index in [-0.39, 0.29) is 0 Å². The predicted molar refractivity (Wildman–Crippen MR) is 55.9 cm³/mol. The van der Waals surface area contributed by atoms with E-state index in [9.17, 15) is 0 Å². The molecule has 0 spiro atoms. The van der Waals surface area contributed by atoms with Crippen LogP contribution >= 0.6 is 0 Å². The molecule has 1 aromatic heterocycles. The van der Waals surface area contributed by atoms with Gasteiger partial charge in [-0.2, -0.15) is 0 Å². The Hall–Kier alpha value is -1.55. The second-order valence-corrected chi connectivity index (χ2v) is 3.53. The second-order valence-electron chi connectivity index (χ2n) is 3.53. The van der Waals surface area contributed by atoms with Crippen LogP contribution in [-0.2, 0) is 4.74 Å². The molecular weight excluding hydrogens is 192 g/mol. The molecule has 77 valence electrons. The zero-order chi connectivity index (χ0) is 10.1. The zero-order valence-electron chi connectivity index (χ0n) is 8.27. The first kappa shape index (κ1) is 8.73. The molecule has 4 heteroatoms. The van der Waals surface area contributed by atoms with Crippen LogP contribution in [0.4, 0.5) is 5.69 Å². The van der Waals surface area contributed by atoms with Crippen molar-refractivity contribution in [2.45, 2.75) is 0 Å². The number of oxazole rings is 1. The molecule has 1 radical (unpaired) electrons. The van der Waals surface area contributed by atoms with Crippen LogP contribution in [0.2, 0.25) is 0 Å². The molecule has 0 atom stereocenters. The third-order valence-corrected chi connectivity index (χ3v) is 2.64. The third kappa shape index (κ3) is 1.47. The zero-order valence-corrected chi connectivity index (χ0v) is 8.27. The van der Waals surface area contributed by atoms with Crippen molar-refractivity contribution in [3.63, 3.8) is 0 Å². The van der Waals surface area contributed by atoms with E-state index in [4.69, 9.17) is 9.15 Å². The minimum Gasteiger partial charge on any atom is -0.432 e. The monoisotopic (exact) mass is 203 g/mol. The molecule has 3 rings (SSSR count). The Morgan fingerprint density at radius 3 is 3.00 bits per heavy atom. The van der Waals surface area contributed by atoms with Crippen molar-refractivity contribution in [3.05, 3.63) is 24.6 Å². The first-order chi connectivity index (χ1) is 7.45. The number of anilines is 1. The van der Waals surface area contributed by atoms with Gasteiger partial charge in [0.25, 0.3) is 6.39 Å². The van der Waals surface area contributed by atoms with E-state index in [1.54, 1.807) is 0 Å². The Morgan fingerprint density at radius 2 is 2.13 bits per heavy atom. The molecule has 0 amide bonds. The van der Waals surface area contributed by atoms with Gasteiger partial charge in [0.1, 0.15) is 5.52 Å². The number of morpholine rings is 1. The highest BCUT2D eigenvalue weighted by molar-refractivity contribution is 5.86. The Kier molecular flexibility index (Phi) is 2.07. The topological polar surface area (TPSA) is 38.5 Å². The lowest BCUT2D eigenvalue weighted by atomic mass is 10.2. The van der Waals surface area contributed by atoms with Crippen molar-refractivity contribution in [3.8, 4) is 0 Å². The molecule has 0 bridgehead atoms. The molecule has 1 saturated heterocycles. The first-order valence-corrected chi connectivity index (χ1v) is 5.03. The highest BCUT2D eigenvalue weighted by Gasteiger charge is 2.15. The van der Waals surface area contributed by atoms with E-state index in [1.807, 2.05) is 12.1 Å². The number of para-hydroxylation sites is 1. The van der Waals surface area contributed by atoms with Gasteiger partial charge in [0.2, 0.25) is 0 Å². The number of hydrogen-bond donors (Lipinski definition) is 0. The van der Waals surface area contributed by atoms with Gasteiger partial charge >= 0.3 is 0 Å². The molecule has 2 aromatic rings. The van der Waals surface area contributed by atoms with Gasteiger partial charge in [0.15, 0.2) is 5.58 Å². The minimum atomic E-state index is 0.776. The summed E-state index contributed by atoms with van der Waals surface area (Å²) in [6, 6.07) is 5.94. The molecule has 15 heavy (non-hydrogen) atoms. The van der Waals surface area contributed by atoms with Crippen molar-refractivity contribution in [2.24, 2.45) is 0 Å². The molecule has 2 heterocycles. The summed E-state index contributed by atoms with van der Waals surface area (Å²) >= 11 is 0. The van der Waals surface area contributed by atoms with E-state index in [0.717, 1.165) is 43.1 Å². The van der Waals surface area contributed by atoms with E-state index >= 15 is 0 Å². The molecule has 0 unspecified atom stereocenters. The molecule has 1 aliphatic rings. The maximum Gasteiger partial charge on any atom is 0.284 e. The van der Waals surface area contributed by atoms with E-state index in [0.29, 0.717) is 0 Å². The van der Waals surface area contributed by atoms with Crippen molar-refractivity contribution in [1.82, 2.24) is 4.98 Å². The Labute approximate surface area is 87.5 Å². The van der Waals surface area contributed by atoms with Crippen LogP contribution in [-0.4, -0.2) is 31.3 Å². The molecule has 1 aliphatic heterocycles. The number of ether oxygens (including phenoxy) is 1. The molecule has 4 nitrogen and oxygen atoms in total. The maximum absolute atomic E-state index is 5.32. The fraction of sp³-hybridized carbons (Fsp3) is 0.364. The van der Waals surface area contributed by atoms with Gasteiger partial charge in [-0.15, -0.1) is 0 Å². The SMILES string of the molecule is [c]1nc2c(N3CCOCC3)cccc2o1. The van der Waals surface area contributed by atoms with Crippen LogP contribution in [0.1, 0.15) is 0 Å². The number of rotatable bonds is 1. The highest BCUT2D eigenvalue weighted by Crippen LogP contribution is 2.25. The van der Waals surface area contributed by atoms with E-state index < -0.39 is 0 Å². The maximum atomic E-state index is 5.32. The highest BCUT2D eigenvalue weighted by atomic mass is 16.5. The van der Waals surface area contributed by atoms with Gasteiger partial charge in [-0.05, 0) is 12.1 Å². The quantitative estimate of drug-likeness (QED) is 0.703. The third-order valence-electron chi connectivity index (χ3n) is 2.64. The van der Waals surface area contributed by atoms with Crippen LogP contribution < -0.4 is 4.90 Å². The summed E-state index contributed by atoms with van der Waals surface area (Å²) in [6.07, 6.45) is 2.53. The number of fused-ring (bicyclic) bond motifs is 1. The summed E-state index contributed by atoms with van der Waals surface area (Å²) < 4.78 is 10.5. The first-order valence-electron chi connectivity index (χ1n) is 5.03. The standard InChI is InChI=1S/C11H11N2O2/c1-2-9(13-4-6-14-7-5-13)11-10(3-1)15-8-12-11/h1-3H,4-7H2. The fourth-order valence-electron chi connectivity index (χ4n) is 1.88. The summed E-state index contributed by atoms with van der Waals surface area (Å²) in [6.45, 7) is 3.37. The molecule has 0 N–H and O–H groups in total. The lowest BCUT2D eigenvalue weighted by Gasteiger charge is -2.28. The van der Waals surface area contributed by atoms with E-state index in [2.05, 4.69) is 22.3 Å². The average molecular weight is 203 g/mol. The molecule has 0 saturated carbocycles. The van der Waals surface area contributed by atoms with Crippen LogP contribution in [0, 0.1) is 6.39 Å². The summed E-state index contributed by atoms with van der Waals surface area (Å²) in [5.41, 5.74) is 2.79. The van der Waals surface area contributed by atoms with Crippen molar-refractivity contribution >= 4 is 16.8 Å².